The lowest BCUT2D eigenvalue weighted by molar-refractivity contribution is -0.385. The average Bonchev–Trinajstić information content (AvgIpc) is 2.40. The number of carbonyl (C=O) groups excluding carboxylic acids is 1. The van der Waals surface area contributed by atoms with E-state index in [0.717, 1.165) is 11.1 Å². The van der Waals surface area contributed by atoms with Crippen molar-refractivity contribution in [3.63, 3.8) is 0 Å². The highest BCUT2D eigenvalue weighted by Crippen LogP contribution is 2.37. The zero-order valence-corrected chi connectivity index (χ0v) is 11.2. The van der Waals surface area contributed by atoms with Gasteiger partial charge in [0.15, 0.2) is 0 Å². The number of amides is 1. The minimum absolute atomic E-state index is 0.191. The molecule has 0 aromatic heterocycles. The van der Waals surface area contributed by atoms with Crippen molar-refractivity contribution < 1.29 is 14.9 Å². The van der Waals surface area contributed by atoms with Gasteiger partial charge in [-0.25, -0.2) is 0 Å². The molecule has 0 fully saturated rings. The largest absolute Gasteiger partial charge is 0.367 e. The summed E-state index contributed by atoms with van der Waals surface area (Å²) in [6.07, 6.45) is 0. The summed E-state index contributed by atoms with van der Waals surface area (Å²) >= 11 is 5.70. The summed E-state index contributed by atoms with van der Waals surface area (Å²) in [5, 5.41) is 21.7. The molecule has 0 bridgehead atoms. The van der Waals surface area contributed by atoms with Crippen molar-refractivity contribution in [1.29, 1.82) is 0 Å². The normalized spacial score (nSPS) is 14.1. The van der Waals surface area contributed by atoms with Crippen molar-refractivity contribution in [3.8, 4) is 0 Å². The number of nitro benzene ring substituents is 1. The van der Waals surface area contributed by atoms with Gasteiger partial charge in [-0.1, -0.05) is 0 Å². The van der Waals surface area contributed by atoms with Crippen LogP contribution < -0.4 is 15.7 Å². The molecule has 9 heteroatoms. The molecule has 0 radical (unpaired) electrons. The quantitative estimate of drug-likeness (QED) is 0.486. The molecule has 0 aliphatic carbocycles. The number of nitro groups is 1. The highest BCUT2D eigenvalue weighted by Gasteiger charge is 2.28. The number of carbonyl (C=O) groups is 1. The van der Waals surface area contributed by atoms with Gasteiger partial charge in [-0.15, -0.1) is 11.6 Å². The zero-order valence-electron chi connectivity index (χ0n) is 10.5. The molecule has 0 atom stereocenters. The van der Waals surface area contributed by atoms with Gasteiger partial charge in [-0.2, -0.15) is 0 Å². The Labute approximate surface area is 119 Å². The van der Waals surface area contributed by atoms with Gasteiger partial charge in [0, 0.05) is 25.0 Å². The Balaban J connectivity index is 2.61. The van der Waals surface area contributed by atoms with Crippen molar-refractivity contribution in [2.24, 2.45) is 5.73 Å². The summed E-state index contributed by atoms with van der Waals surface area (Å²) in [5.74, 6) is -0.534. The molecule has 0 unspecified atom stereocenters. The van der Waals surface area contributed by atoms with Crippen molar-refractivity contribution in [1.82, 2.24) is 0 Å². The minimum Gasteiger partial charge on any atom is -0.367 e. The molecule has 2 rings (SSSR count). The lowest BCUT2D eigenvalue weighted by Crippen LogP contribution is -2.40. The van der Waals surface area contributed by atoms with Crippen LogP contribution in [0.5, 0.6) is 0 Å². The van der Waals surface area contributed by atoms with Gasteiger partial charge in [-0.05, 0) is 6.07 Å². The van der Waals surface area contributed by atoms with E-state index in [1.807, 2.05) is 4.90 Å². The molecular formula is C11H13ClN4O4. The standard InChI is InChI=1S/C11H13ClN4O4/c12-1-2-14-3-4-15(18)10-6-8(16(19)20)7(11(13)17)5-9(10)14/h5-6,18H,1-4H2,(H2,13,17). The highest BCUT2D eigenvalue weighted by molar-refractivity contribution is 6.18. The lowest BCUT2D eigenvalue weighted by atomic mass is 10.1. The Hall–Kier alpha value is -2.06. The Bertz CT molecular complexity index is 566. The molecule has 0 saturated carbocycles. The van der Waals surface area contributed by atoms with Crippen LogP contribution >= 0.6 is 11.6 Å². The SMILES string of the molecule is NC(=O)c1cc2c(cc1[N+](=O)[O-])N(O)CCN2CCCl. The van der Waals surface area contributed by atoms with Gasteiger partial charge >= 0.3 is 0 Å². The predicted octanol–water partition coefficient (Wildman–Crippen LogP) is 0.948. The molecule has 1 aromatic rings. The smallest absolute Gasteiger partial charge is 0.284 e. The molecule has 1 heterocycles. The fraction of sp³-hybridized carbons (Fsp3) is 0.364. The second kappa shape index (κ2) is 5.51. The molecule has 1 aromatic carbocycles. The van der Waals surface area contributed by atoms with E-state index < -0.39 is 16.5 Å². The number of nitrogens with two attached hydrogens (primary N) is 1. The van der Waals surface area contributed by atoms with Gasteiger partial charge in [0.05, 0.1) is 22.8 Å². The Kier molecular flexibility index (Phi) is 3.96. The van der Waals surface area contributed by atoms with E-state index in [0.29, 0.717) is 24.7 Å². The summed E-state index contributed by atoms with van der Waals surface area (Å²) < 4.78 is 0. The first-order chi connectivity index (χ1) is 9.45. The predicted molar refractivity (Wildman–Crippen MR) is 73.7 cm³/mol. The Morgan fingerprint density at radius 1 is 1.45 bits per heavy atom. The van der Waals surface area contributed by atoms with E-state index in [2.05, 4.69) is 0 Å². The number of nitrogens with zero attached hydrogens (tertiary/aromatic N) is 3. The number of fused-ring (bicyclic) bond motifs is 1. The van der Waals surface area contributed by atoms with Gasteiger partial charge in [0.2, 0.25) is 0 Å². The van der Waals surface area contributed by atoms with E-state index in [4.69, 9.17) is 17.3 Å². The van der Waals surface area contributed by atoms with E-state index in [9.17, 15) is 20.1 Å². The molecule has 108 valence electrons. The number of hydrogen-bond donors (Lipinski definition) is 2. The molecule has 8 nitrogen and oxygen atoms in total. The van der Waals surface area contributed by atoms with Crippen LogP contribution in [0.4, 0.5) is 17.1 Å². The fourth-order valence-electron chi connectivity index (χ4n) is 2.16. The molecular weight excluding hydrogens is 288 g/mol. The van der Waals surface area contributed by atoms with Gasteiger partial charge < -0.3 is 10.6 Å². The van der Waals surface area contributed by atoms with E-state index in [-0.39, 0.29) is 17.8 Å². The van der Waals surface area contributed by atoms with Gasteiger partial charge in [0.1, 0.15) is 5.56 Å². The van der Waals surface area contributed by atoms with Gasteiger partial charge in [-0.3, -0.25) is 25.2 Å². The molecule has 1 aliphatic heterocycles. The number of primary amides is 1. The first-order valence-corrected chi connectivity index (χ1v) is 6.38. The third-order valence-electron chi connectivity index (χ3n) is 3.11. The summed E-state index contributed by atoms with van der Waals surface area (Å²) in [6.45, 7) is 1.28. The summed E-state index contributed by atoms with van der Waals surface area (Å²) in [4.78, 5) is 23.5. The maximum absolute atomic E-state index is 11.4. The van der Waals surface area contributed by atoms with Crippen molar-refractivity contribution in [3.05, 3.63) is 27.8 Å². The van der Waals surface area contributed by atoms with Crippen LogP contribution in [0, 0.1) is 10.1 Å². The van der Waals surface area contributed by atoms with Crippen molar-refractivity contribution >= 4 is 34.6 Å². The van der Waals surface area contributed by atoms with E-state index >= 15 is 0 Å². The molecule has 0 saturated heterocycles. The summed E-state index contributed by atoms with van der Waals surface area (Å²) in [5.41, 5.74) is 5.32. The Morgan fingerprint density at radius 3 is 2.70 bits per heavy atom. The minimum atomic E-state index is -0.889. The molecule has 0 spiro atoms. The number of alkyl halides is 1. The lowest BCUT2D eigenvalue weighted by Gasteiger charge is -2.35. The number of hydrogen-bond acceptors (Lipinski definition) is 6. The Morgan fingerprint density at radius 2 is 2.15 bits per heavy atom. The molecule has 1 amide bonds. The monoisotopic (exact) mass is 300 g/mol. The number of hydroxylamine groups is 1. The molecule has 20 heavy (non-hydrogen) atoms. The van der Waals surface area contributed by atoms with Crippen molar-refractivity contribution in [2.45, 2.75) is 0 Å². The third-order valence-corrected chi connectivity index (χ3v) is 3.28. The first kappa shape index (κ1) is 14.4. The van der Waals surface area contributed by atoms with E-state index in [1.165, 1.54) is 6.07 Å². The maximum Gasteiger partial charge on any atom is 0.284 e. The van der Waals surface area contributed by atoms with Crippen LogP contribution in [0.15, 0.2) is 12.1 Å². The number of benzene rings is 1. The van der Waals surface area contributed by atoms with Crippen LogP contribution in [-0.2, 0) is 0 Å². The van der Waals surface area contributed by atoms with Crippen LogP contribution in [0.25, 0.3) is 0 Å². The number of halogens is 1. The van der Waals surface area contributed by atoms with Crippen LogP contribution in [0.3, 0.4) is 0 Å². The number of rotatable bonds is 4. The van der Waals surface area contributed by atoms with Crippen LogP contribution in [0.1, 0.15) is 10.4 Å². The maximum atomic E-state index is 11.4. The van der Waals surface area contributed by atoms with Gasteiger partial charge in [0.25, 0.3) is 11.6 Å². The van der Waals surface area contributed by atoms with Crippen LogP contribution in [-0.4, -0.2) is 41.6 Å². The summed E-state index contributed by atoms with van der Waals surface area (Å²) in [6, 6.07) is 2.47. The third kappa shape index (κ3) is 2.47. The highest BCUT2D eigenvalue weighted by atomic mass is 35.5. The first-order valence-electron chi connectivity index (χ1n) is 5.85. The van der Waals surface area contributed by atoms with Crippen LogP contribution in [0.2, 0.25) is 0 Å². The topological polar surface area (TPSA) is 113 Å². The fourth-order valence-corrected chi connectivity index (χ4v) is 2.37. The summed E-state index contributed by atoms with van der Waals surface area (Å²) in [7, 11) is 0. The molecule has 3 N–H and O–H groups in total. The number of anilines is 2. The van der Waals surface area contributed by atoms with Crippen molar-refractivity contribution in [2.75, 3.05) is 35.5 Å². The van der Waals surface area contributed by atoms with E-state index in [1.54, 1.807) is 0 Å². The average molecular weight is 301 g/mol. The second-order valence-electron chi connectivity index (χ2n) is 4.28. The molecule has 1 aliphatic rings. The second-order valence-corrected chi connectivity index (χ2v) is 4.66. The zero-order chi connectivity index (χ0) is 14.9.